The van der Waals surface area contributed by atoms with Crippen molar-refractivity contribution in [1.82, 2.24) is 14.6 Å². The van der Waals surface area contributed by atoms with E-state index in [4.69, 9.17) is 4.74 Å². The molecule has 0 amide bonds. The molecule has 5 heteroatoms. The zero-order valence-electron chi connectivity index (χ0n) is 13.0. The predicted octanol–water partition coefficient (Wildman–Crippen LogP) is 3.22. The van der Waals surface area contributed by atoms with Crippen LogP contribution >= 0.6 is 0 Å². The van der Waals surface area contributed by atoms with E-state index in [0.717, 1.165) is 33.9 Å². The summed E-state index contributed by atoms with van der Waals surface area (Å²) in [7, 11) is 1.64. The normalized spacial score (nSPS) is 10.9. The maximum atomic E-state index is 11.6. The van der Waals surface area contributed by atoms with Crippen molar-refractivity contribution in [3.8, 4) is 16.9 Å². The molecule has 0 aliphatic heterocycles. The van der Waals surface area contributed by atoms with Crippen molar-refractivity contribution in [2.75, 3.05) is 7.11 Å². The van der Waals surface area contributed by atoms with Crippen LogP contribution in [0.4, 0.5) is 0 Å². The third-order valence-electron chi connectivity index (χ3n) is 3.82. The van der Waals surface area contributed by atoms with Crippen LogP contribution in [-0.2, 0) is 0 Å². The SMILES string of the molecule is COc1ccc(-c2c(C)nn3c(C)c(C(C)=O)cnc23)cc1. The number of methoxy groups -OCH3 is 1. The summed E-state index contributed by atoms with van der Waals surface area (Å²) in [5, 5.41) is 4.55. The molecular formula is C17H17N3O2. The molecule has 0 atom stereocenters. The summed E-state index contributed by atoms with van der Waals surface area (Å²) in [5.74, 6) is 0.798. The molecular weight excluding hydrogens is 278 g/mol. The fourth-order valence-corrected chi connectivity index (χ4v) is 2.64. The smallest absolute Gasteiger partial charge is 0.163 e. The van der Waals surface area contributed by atoms with Crippen LogP contribution in [0.2, 0.25) is 0 Å². The van der Waals surface area contributed by atoms with Gasteiger partial charge < -0.3 is 4.74 Å². The summed E-state index contributed by atoms with van der Waals surface area (Å²) in [6.07, 6.45) is 1.63. The van der Waals surface area contributed by atoms with E-state index < -0.39 is 0 Å². The molecule has 3 aromatic rings. The molecule has 0 saturated carbocycles. The first-order valence-corrected chi connectivity index (χ1v) is 7.03. The molecule has 2 aromatic heterocycles. The Labute approximate surface area is 128 Å². The summed E-state index contributed by atoms with van der Waals surface area (Å²) < 4.78 is 6.93. The number of hydrogen-bond acceptors (Lipinski definition) is 4. The first-order chi connectivity index (χ1) is 10.5. The van der Waals surface area contributed by atoms with Crippen LogP contribution in [0.15, 0.2) is 30.5 Å². The molecule has 0 bridgehead atoms. The first-order valence-electron chi connectivity index (χ1n) is 7.03. The number of fused-ring (bicyclic) bond motifs is 1. The number of rotatable bonds is 3. The van der Waals surface area contributed by atoms with Crippen molar-refractivity contribution in [2.45, 2.75) is 20.8 Å². The first kappa shape index (κ1) is 14.3. The van der Waals surface area contributed by atoms with Crippen LogP contribution in [0.5, 0.6) is 5.75 Å². The molecule has 0 saturated heterocycles. The summed E-state index contributed by atoms with van der Waals surface area (Å²) in [6, 6.07) is 7.79. The van der Waals surface area contributed by atoms with Gasteiger partial charge >= 0.3 is 0 Å². The second-order valence-electron chi connectivity index (χ2n) is 5.24. The molecule has 22 heavy (non-hydrogen) atoms. The number of aryl methyl sites for hydroxylation is 2. The van der Waals surface area contributed by atoms with Crippen LogP contribution in [-0.4, -0.2) is 27.5 Å². The van der Waals surface area contributed by atoms with Crippen molar-refractivity contribution >= 4 is 11.4 Å². The van der Waals surface area contributed by atoms with Gasteiger partial charge in [-0.3, -0.25) is 4.79 Å². The lowest BCUT2D eigenvalue weighted by atomic mass is 10.1. The van der Waals surface area contributed by atoms with Crippen LogP contribution in [0.1, 0.15) is 28.7 Å². The Morgan fingerprint density at radius 3 is 2.45 bits per heavy atom. The van der Waals surface area contributed by atoms with E-state index in [1.807, 2.05) is 38.1 Å². The third kappa shape index (κ3) is 2.15. The number of benzene rings is 1. The molecule has 3 rings (SSSR count). The van der Waals surface area contributed by atoms with E-state index in [1.54, 1.807) is 17.8 Å². The van der Waals surface area contributed by atoms with E-state index in [2.05, 4.69) is 10.1 Å². The third-order valence-corrected chi connectivity index (χ3v) is 3.82. The van der Waals surface area contributed by atoms with Gasteiger partial charge in [-0.05, 0) is 38.5 Å². The molecule has 1 aromatic carbocycles. The van der Waals surface area contributed by atoms with Crippen LogP contribution in [0.3, 0.4) is 0 Å². The minimum atomic E-state index is -0.00829. The molecule has 0 aliphatic rings. The van der Waals surface area contributed by atoms with Gasteiger partial charge in [-0.15, -0.1) is 0 Å². The molecule has 0 radical (unpaired) electrons. The maximum absolute atomic E-state index is 11.6. The topological polar surface area (TPSA) is 56.5 Å². The highest BCUT2D eigenvalue weighted by Gasteiger charge is 2.17. The van der Waals surface area contributed by atoms with E-state index in [-0.39, 0.29) is 5.78 Å². The van der Waals surface area contributed by atoms with Gasteiger partial charge in [0, 0.05) is 11.8 Å². The average Bonchev–Trinajstić information content (AvgIpc) is 2.84. The van der Waals surface area contributed by atoms with Gasteiger partial charge in [-0.2, -0.15) is 5.10 Å². The number of nitrogens with zero attached hydrogens (tertiary/aromatic N) is 3. The van der Waals surface area contributed by atoms with Gasteiger partial charge in [0.25, 0.3) is 0 Å². The highest BCUT2D eigenvalue weighted by atomic mass is 16.5. The molecule has 0 fully saturated rings. The number of aromatic nitrogens is 3. The van der Waals surface area contributed by atoms with Crippen LogP contribution < -0.4 is 4.74 Å². The lowest BCUT2D eigenvalue weighted by Gasteiger charge is -2.05. The molecule has 0 N–H and O–H groups in total. The Hall–Kier alpha value is -2.69. The molecule has 2 heterocycles. The van der Waals surface area contributed by atoms with Gasteiger partial charge in [0.05, 0.1) is 24.1 Å². The van der Waals surface area contributed by atoms with Gasteiger partial charge in [0.15, 0.2) is 11.4 Å². The fourth-order valence-electron chi connectivity index (χ4n) is 2.64. The van der Waals surface area contributed by atoms with Gasteiger partial charge in [-0.25, -0.2) is 9.50 Å². The number of Topliss-reactive ketones (excluding diaryl/α,β-unsaturated/α-hetero) is 1. The van der Waals surface area contributed by atoms with Crippen LogP contribution in [0.25, 0.3) is 16.8 Å². The number of hydrogen-bond donors (Lipinski definition) is 0. The fraction of sp³-hybridized carbons (Fsp3) is 0.235. The lowest BCUT2D eigenvalue weighted by molar-refractivity contribution is 0.101. The van der Waals surface area contributed by atoms with Crippen LogP contribution in [0, 0.1) is 13.8 Å². The highest BCUT2D eigenvalue weighted by molar-refractivity contribution is 5.95. The Morgan fingerprint density at radius 1 is 1.18 bits per heavy atom. The summed E-state index contributed by atoms with van der Waals surface area (Å²) in [4.78, 5) is 16.1. The average molecular weight is 295 g/mol. The maximum Gasteiger partial charge on any atom is 0.163 e. The van der Waals surface area contributed by atoms with Crippen molar-refractivity contribution in [3.05, 3.63) is 47.4 Å². The minimum absolute atomic E-state index is 0.00829. The number of ether oxygens (including phenoxy) is 1. The number of ketones is 1. The number of carbonyl (C=O) groups is 1. The van der Waals surface area contributed by atoms with Gasteiger partial charge in [0.2, 0.25) is 0 Å². The quantitative estimate of drug-likeness (QED) is 0.696. The molecule has 0 unspecified atom stereocenters. The Kier molecular flexibility index (Phi) is 3.41. The van der Waals surface area contributed by atoms with E-state index >= 15 is 0 Å². The molecule has 0 aliphatic carbocycles. The van der Waals surface area contributed by atoms with Crippen molar-refractivity contribution < 1.29 is 9.53 Å². The standard InChI is InChI=1S/C17H17N3O2/c1-10-16(13-5-7-14(22-4)8-6-13)17-18-9-15(12(3)21)11(2)20(17)19-10/h5-9H,1-4H3. The van der Waals surface area contributed by atoms with Gasteiger partial charge in [-0.1, -0.05) is 12.1 Å². The lowest BCUT2D eigenvalue weighted by Crippen LogP contribution is -2.05. The second kappa shape index (κ2) is 5.26. The van der Waals surface area contributed by atoms with E-state index in [0.29, 0.717) is 5.56 Å². The molecule has 0 spiro atoms. The number of carbonyl (C=O) groups excluding carboxylic acids is 1. The largest absolute Gasteiger partial charge is 0.497 e. The Bertz CT molecular complexity index is 864. The highest BCUT2D eigenvalue weighted by Crippen LogP contribution is 2.29. The van der Waals surface area contributed by atoms with E-state index in [1.165, 1.54) is 6.92 Å². The Morgan fingerprint density at radius 2 is 1.86 bits per heavy atom. The Balaban J connectivity index is 2.24. The van der Waals surface area contributed by atoms with Crippen molar-refractivity contribution in [2.24, 2.45) is 0 Å². The minimum Gasteiger partial charge on any atom is -0.497 e. The summed E-state index contributed by atoms with van der Waals surface area (Å²) >= 11 is 0. The molecule has 5 nitrogen and oxygen atoms in total. The van der Waals surface area contributed by atoms with Crippen molar-refractivity contribution in [3.63, 3.8) is 0 Å². The second-order valence-corrected chi connectivity index (χ2v) is 5.24. The van der Waals surface area contributed by atoms with E-state index in [9.17, 15) is 4.79 Å². The zero-order valence-corrected chi connectivity index (χ0v) is 13.0. The monoisotopic (exact) mass is 295 g/mol. The van der Waals surface area contributed by atoms with Crippen molar-refractivity contribution in [1.29, 1.82) is 0 Å². The summed E-state index contributed by atoms with van der Waals surface area (Å²) in [5.41, 5.74) is 5.03. The molecule has 112 valence electrons. The zero-order chi connectivity index (χ0) is 15.9. The van der Waals surface area contributed by atoms with Gasteiger partial charge in [0.1, 0.15) is 5.75 Å². The predicted molar refractivity (Wildman–Crippen MR) is 84.5 cm³/mol. The summed E-state index contributed by atoms with van der Waals surface area (Å²) in [6.45, 7) is 5.37.